The van der Waals surface area contributed by atoms with Crippen molar-refractivity contribution >= 4 is 23.5 Å². The molecule has 8 heteroatoms. The summed E-state index contributed by atoms with van der Waals surface area (Å²) >= 11 is 5.83. The van der Waals surface area contributed by atoms with Crippen LogP contribution in [-0.4, -0.2) is 54.3 Å². The average molecular weight is 349 g/mol. The molecule has 1 aromatic heterocycles. The zero-order chi connectivity index (χ0) is 17.1. The monoisotopic (exact) mass is 348 g/mol. The van der Waals surface area contributed by atoms with Gasteiger partial charge in [0.15, 0.2) is 0 Å². The van der Waals surface area contributed by atoms with Crippen LogP contribution < -0.4 is 0 Å². The standard InChI is InChI=1S/C16H17ClN4O3/c1-19-6-8-20(9-7-19)18-11-13-3-5-16(24-13)14-4-2-12(17)10-15(14)21(22)23/h2-5,10-11H,6-9H2,1H3/b18-11-. The SMILES string of the molecule is CN1CCN(/N=C\c2ccc(-c3ccc(Cl)cc3[N+](=O)[O-])o2)CC1. The third-order valence-corrected chi connectivity index (χ3v) is 4.11. The summed E-state index contributed by atoms with van der Waals surface area (Å²) in [5, 5.41) is 17.9. The Morgan fingerprint density at radius 3 is 2.71 bits per heavy atom. The second-order valence-corrected chi connectivity index (χ2v) is 6.06. The topological polar surface area (TPSA) is 75.1 Å². The van der Waals surface area contributed by atoms with Gasteiger partial charge in [0.2, 0.25) is 0 Å². The van der Waals surface area contributed by atoms with E-state index < -0.39 is 4.92 Å². The highest BCUT2D eigenvalue weighted by molar-refractivity contribution is 6.30. The molecule has 0 atom stereocenters. The van der Waals surface area contributed by atoms with Crippen LogP contribution in [0.4, 0.5) is 5.69 Å². The van der Waals surface area contributed by atoms with E-state index in [2.05, 4.69) is 17.0 Å². The second-order valence-electron chi connectivity index (χ2n) is 5.62. The lowest BCUT2D eigenvalue weighted by Crippen LogP contribution is -2.41. The number of furan rings is 1. The molecular formula is C16H17ClN4O3. The van der Waals surface area contributed by atoms with Crippen LogP contribution in [0.3, 0.4) is 0 Å². The third kappa shape index (κ3) is 3.74. The number of nitrogens with zero attached hydrogens (tertiary/aromatic N) is 4. The molecule has 1 fully saturated rings. The van der Waals surface area contributed by atoms with E-state index in [9.17, 15) is 10.1 Å². The minimum absolute atomic E-state index is 0.0839. The number of nitro groups is 1. The lowest BCUT2D eigenvalue weighted by atomic mass is 10.1. The van der Waals surface area contributed by atoms with Crippen LogP contribution in [0.25, 0.3) is 11.3 Å². The highest BCUT2D eigenvalue weighted by atomic mass is 35.5. The summed E-state index contributed by atoms with van der Waals surface area (Å²) in [5.41, 5.74) is 0.308. The molecule has 0 radical (unpaired) electrons. The number of halogens is 1. The van der Waals surface area contributed by atoms with Gasteiger partial charge in [-0.2, -0.15) is 5.10 Å². The van der Waals surface area contributed by atoms with Crippen molar-refractivity contribution in [3.63, 3.8) is 0 Å². The van der Waals surface area contributed by atoms with E-state index in [0.29, 0.717) is 22.1 Å². The Morgan fingerprint density at radius 1 is 1.25 bits per heavy atom. The first-order valence-corrected chi connectivity index (χ1v) is 7.92. The molecule has 1 aromatic carbocycles. The van der Waals surface area contributed by atoms with Gasteiger partial charge in [-0.3, -0.25) is 15.1 Å². The lowest BCUT2D eigenvalue weighted by molar-refractivity contribution is -0.384. The lowest BCUT2D eigenvalue weighted by Gasteiger charge is -2.30. The number of rotatable bonds is 4. The van der Waals surface area contributed by atoms with Gasteiger partial charge in [-0.05, 0) is 31.3 Å². The van der Waals surface area contributed by atoms with E-state index in [1.54, 1.807) is 30.5 Å². The van der Waals surface area contributed by atoms with Gasteiger partial charge in [0, 0.05) is 37.3 Å². The summed E-state index contributed by atoms with van der Waals surface area (Å²) in [6, 6.07) is 7.94. The Balaban J connectivity index is 1.78. The molecule has 0 bridgehead atoms. The van der Waals surface area contributed by atoms with E-state index in [1.807, 2.05) is 5.01 Å². The molecule has 0 aliphatic carbocycles. The molecule has 0 N–H and O–H groups in total. The minimum atomic E-state index is -0.471. The Labute approximate surface area is 144 Å². The number of hydrazone groups is 1. The van der Waals surface area contributed by atoms with Crippen LogP contribution in [0, 0.1) is 10.1 Å². The Kier molecular flexibility index (Phi) is 4.82. The van der Waals surface area contributed by atoms with Gasteiger partial charge in [-0.1, -0.05) is 11.6 Å². The quantitative estimate of drug-likeness (QED) is 0.482. The van der Waals surface area contributed by atoms with Gasteiger partial charge in [-0.15, -0.1) is 0 Å². The van der Waals surface area contributed by atoms with Crippen LogP contribution >= 0.6 is 11.6 Å². The molecule has 126 valence electrons. The molecule has 1 aliphatic rings. The third-order valence-electron chi connectivity index (χ3n) is 3.88. The van der Waals surface area contributed by atoms with E-state index in [4.69, 9.17) is 16.0 Å². The smallest absolute Gasteiger partial charge is 0.281 e. The molecule has 0 saturated carbocycles. The number of hydrogen-bond acceptors (Lipinski definition) is 6. The largest absolute Gasteiger partial charge is 0.455 e. The molecule has 3 rings (SSSR count). The number of benzene rings is 1. The summed E-state index contributed by atoms with van der Waals surface area (Å²) < 4.78 is 5.68. The van der Waals surface area contributed by atoms with Crippen LogP contribution in [0.5, 0.6) is 0 Å². The summed E-state index contributed by atoms with van der Waals surface area (Å²) in [4.78, 5) is 13.0. The van der Waals surface area contributed by atoms with Gasteiger partial charge in [-0.25, -0.2) is 0 Å². The predicted octanol–water partition coefficient (Wildman–Crippen LogP) is 3.09. The average Bonchev–Trinajstić information content (AvgIpc) is 3.03. The van der Waals surface area contributed by atoms with Crippen LogP contribution in [0.15, 0.2) is 39.9 Å². The first-order valence-electron chi connectivity index (χ1n) is 7.54. The first kappa shape index (κ1) is 16.5. The maximum atomic E-state index is 11.2. The van der Waals surface area contributed by atoms with Crippen LogP contribution in [-0.2, 0) is 0 Å². The summed E-state index contributed by atoms with van der Waals surface area (Å²) in [5.74, 6) is 0.964. The normalized spacial score (nSPS) is 16.0. The van der Waals surface area contributed by atoms with Crippen LogP contribution in [0.1, 0.15) is 5.76 Å². The van der Waals surface area contributed by atoms with Crippen molar-refractivity contribution in [3.8, 4) is 11.3 Å². The number of piperazine rings is 1. The van der Waals surface area contributed by atoms with Gasteiger partial charge < -0.3 is 9.32 Å². The predicted molar refractivity (Wildman–Crippen MR) is 92.5 cm³/mol. The van der Waals surface area contributed by atoms with Gasteiger partial charge >= 0.3 is 0 Å². The first-order chi connectivity index (χ1) is 11.5. The molecule has 7 nitrogen and oxygen atoms in total. The van der Waals surface area contributed by atoms with Crippen molar-refractivity contribution in [1.29, 1.82) is 0 Å². The van der Waals surface area contributed by atoms with Crippen molar-refractivity contribution in [3.05, 3.63) is 51.2 Å². The van der Waals surface area contributed by atoms with Crippen molar-refractivity contribution in [2.75, 3.05) is 33.2 Å². The van der Waals surface area contributed by atoms with E-state index in [0.717, 1.165) is 26.2 Å². The number of nitro benzene ring substituents is 1. The molecular weight excluding hydrogens is 332 g/mol. The summed E-state index contributed by atoms with van der Waals surface area (Å²) in [6.07, 6.45) is 1.64. The van der Waals surface area contributed by atoms with Crippen molar-refractivity contribution in [2.24, 2.45) is 5.10 Å². The van der Waals surface area contributed by atoms with E-state index >= 15 is 0 Å². The molecule has 0 amide bonds. The fourth-order valence-corrected chi connectivity index (χ4v) is 2.65. The molecule has 0 unspecified atom stereocenters. The zero-order valence-electron chi connectivity index (χ0n) is 13.2. The second kappa shape index (κ2) is 7.02. The summed E-state index contributed by atoms with van der Waals surface area (Å²) in [7, 11) is 2.08. The zero-order valence-corrected chi connectivity index (χ0v) is 13.9. The molecule has 1 aliphatic heterocycles. The molecule has 2 aromatic rings. The molecule has 2 heterocycles. The van der Waals surface area contributed by atoms with E-state index in [-0.39, 0.29) is 5.69 Å². The Hall–Kier alpha value is -2.38. The van der Waals surface area contributed by atoms with Crippen molar-refractivity contribution in [2.45, 2.75) is 0 Å². The highest BCUT2D eigenvalue weighted by Gasteiger charge is 2.18. The highest BCUT2D eigenvalue weighted by Crippen LogP contribution is 2.33. The molecule has 24 heavy (non-hydrogen) atoms. The van der Waals surface area contributed by atoms with E-state index in [1.165, 1.54) is 6.07 Å². The Morgan fingerprint density at radius 2 is 2.00 bits per heavy atom. The maximum absolute atomic E-state index is 11.2. The Bertz CT molecular complexity index is 766. The van der Waals surface area contributed by atoms with Gasteiger partial charge in [0.05, 0.1) is 16.7 Å². The molecule has 1 saturated heterocycles. The van der Waals surface area contributed by atoms with Crippen molar-refractivity contribution in [1.82, 2.24) is 9.91 Å². The summed E-state index contributed by atoms with van der Waals surface area (Å²) in [6.45, 7) is 3.67. The fourth-order valence-electron chi connectivity index (χ4n) is 2.48. The van der Waals surface area contributed by atoms with Crippen LogP contribution in [0.2, 0.25) is 5.02 Å². The molecule has 0 spiro atoms. The van der Waals surface area contributed by atoms with Crippen molar-refractivity contribution < 1.29 is 9.34 Å². The van der Waals surface area contributed by atoms with Gasteiger partial charge in [0.25, 0.3) is 5.69 Å². The fraction of sp³-hybridized carbons (Fsp3) is 0.312. The minimum Gasteiger partial charge on any atom is -0.455 e. The van der Waals surface area contributed by atoms with Gasteiger partial charge in [0.1, 0.15) is 11.5 Å². The number of likely N-dealkylation sites (N-methyl/N-ethyl adjacent to an activating group) is 1. The number of hydrogen-bond donors (Lipinski definition) is 0. The maximum Gasteiger partial charge on any atom is 0.281 e.